The fourth-order valence-corrected chi connectivity index (χ4v) is 5.95. The molecular weight excluding hydrogens is 615 g/mol. The summed E-state index contributed by atoms with van der Waals surface area (Å²) in [6.45, 7) is 5.98. The van der Waals surface area contributed by atoms with Crippen molar-refractivity contribution < 1.29 is 18.7 Å². The Morgan fingerprint density at radius 2 is 2.00 bits per heavy atom. The van der Waals surface area contributed by atoms with E-state index < -0.39 is 11.7 Å². The fraction of sp³-hybridized carbons (Fsp3) is 0.375. The van der Waals surface area contributed by atoms with Crippen LogP contribution in [0.1, 0.15) is 53.9 Å². The number of benzene rings is 2. The fourth-order valence-electron chi connectivity index (χ4n) is 5.70. The van der Waals surface area contributed by atoms with Crippen molar-refractivity contribution in [1.82, 2.24) is 9.88 Å². The monoisotopic (exact) mass is 650 g/mol. The lowest BCUT2D eigenvalue weighted by atomic mass is 9.90. The van der Waals surface area contributed by atoms with Crippen LogP contribution in [0.5, 0.6) is 5.75 Å². The molecular formula is C32H36BrFN6O3. The van der Waals surface area contributed by atoms with E-state index in [1.807, 2.05) is 0 Å². The smallest absolute Gasteiger partial charge is 0.265 e. The van der Waals surface area contributed by atoms with Gasteiger partial charge in [-0.2, -0.15) is 0 Å². The van der Waals surface area contributed by atoms with Crippen LogP contribution in [0.4, 0.5) is 15.9 Å². The Morgan fingerprint density at radius 1 is 1.26 bits per heavy atom. The van der Waals surface area contributed by atoms with E-state index in [0.717, 1.165) is 25.9 Å². The number of carbonyl (C=O) groups is 2. The Morgan fingerprint density at radius 3 is 2.65 bits per heavy atom. The third kappa shape index (κ3) is 6.57. The van der Waals surface area contributed by atoms with Gasteiger partial charge in [-0.25, -0.2) is 9.37 Å². The maximum atomic E-state index is 14.2. The summed E-state index contributed by atoms with van der Waals surface area (Å²) in [5.41, 5.74) is 9.59. The first-order valence-electron chi connectivity index (χ1n) is 14.4. The number of aromatic nitrogens is 1. The summed E-state index contributed by atoms with van der Waals surface area (Å²) < 4.78 is 20.4. The van der Waals surface area contributed by atoms with Gasteiger partial charge in [0.2, 0.25) is 0 Å². The standard InChI is InChI=1S/C32H36BrFN6O3/c1-18(2)12-25-30(31(36)42)29(22(15-35)32(38-25)37-21-8-10-39(3)11-9-21)20-5-7-26-27(14-20)43-17-28(41)40(26)16-19-4-6-23(33)24(34)13-19/h4-7,13-15,18,21,35H,8-12,16-17H2,1-3H3,(H2,36,42)(H,37,38). The number of primary amides is 1. The number of halogens is 2. The molecule has 1 aromatic heterocycles. The zero-order chi connectivity index (χ0) is 30.8. The molecule has 11 heteroatoms. The minimum atomic E-state index is -0.625. The molecule has 4 N–H and O–H groups in total. The summed E-state index contributed by atoms with van der Waals surface area (Å²) in [5, 5.41) is 12.0. The molecule has 2 aliphatic heterocycles. The number of amides is 2. The number of nitrogens with zero attached hydrogens (tertiary/aromatic N) is 3. The minimum Gasteiger partial charge on any atom is -0.482 e. The van der Waals surface area contributed by atoms with Crippen LogP contribution in [-0.4, -0.2) is 60.7 Å². The van der Waals surface area contributed by atoms with Crippen molar-refractivity contribution in [3.63, 3.8) is 0 Å². The van der Waals surface area contributed by atoms with Gasteiger partial charge in [0.25, 0.3) is 11.8 Å². The zero-order valence-electron chi connectivity index (χ0n) is 24.5. The SMILES string of the molecule is CC(C)Cc1nc(NC2CCN(C)CC2)c(C=N)c(-c2ccc3c(c2)OCC(=O)N3Cc2ccc(Br)c(F)c2)c1C(N)=O. The average Bonchev–Trinajstić information content (AvgIpc) is 2.96. The molecule has 2 aliphatic rings. The first-order chi connectivity index (χ1) is 20.5. The van der Waals surface area contributed by atoms with Crippen molar-refractivity contribution in [3.05, 3.63) is 69.1 Å². The van der Waals surface area contributed by atoms with E-state index >= 15 is 0 Å². The highest BCUT2D eigenvalue weighted by atomic mass is 79.9. The molecule has 0 saturated carbocycles. The maximum Gasteiger partial charge on any atom is 0.265 e. The number of hydrogen-bond donors (Lipinski definition) is 3. The number of anilines is 2. The first kappa shape index (κ1) is 30.6. The lowest BCUT2D eigenvalue weighted by Crippen LogP contribution is -2.38. The molecule has 2 aromatic carbocycles. The van der Waals surface area contributed by atoms with Crippen LogP contribution >= 0.6 is 15.9 Å². The molecule has 2 amide bonds. The van der Waals surface area contributed by atoms with Crippen LogP contribution in [0.3, 0.4) is 0 Å². The molecule has 5 rings (SSSR count). The number of pyridine rings is 1. The molecule has 0 atom stereocenters. The second-order valence-corrected chi connectivity index (χ2v) is 12.5. The Kier molecular flexibility index (Phi) is 9.12. The number of carbonyl (C=O) groups excluding carboxylic acids is 2. The number of ether oxygens (including phenoxy) is 1. The average molecular weight is 652 g/mol. The number of piperidine rings is 1. The molecule has 0 radical (unpaired) electrons. The molecule has 1 saturated heterocycles. The molecule has 3 heterocycles. The maximum absolute atomic E-state index is 14.2. The first-order valence-corrected chi connectivity index (χ1v) is 15.2. The van der Waals surface area contributed by atoms with E-state index in [-0.39, 0.29) is 36.6 Å². The van der Waals surface area contributed by atoms with Gasteiger partial charge >= 0.3 is 0 Å². The Bertz CT molecular complexity index is 1570. The van der Waals surface area contributed by atoms with Gasteiger partial charge in [-0.1, -0.05) is 26.0 Å². The number of fused-ring (bicyclic) bond motifs is 1. The normalized spacial score (nSPS) is 15.8. The van der Waals surface area contributed by atoms with Crippen LogP contribution < -0.4 is 20.7 Å². The van der Waals surface area contributed by atoms with E-state index in [2.05, 4.69) is 47.0 Å². The summed E-state index contributed by atoms with van der Waals surface area (Å²) in [5.74, 6) is -0.100. The van der Waals surface area contributed by atoms with Gasteiger partial charge in [-0.15, -0.1) is 0 Å². The molecule has 9 nitrogen and oxygen atoms in total. The van der Waals surface area contributed by atoms with E-state index in [0.29, 0.717) is 56.1 Å². The Labute approximate surface area is 259 Å². The molecule has 3 aromatic rings. The molecule has 0 bridgehead atoms. The molecule has 1 fully saturated rings. The predicted molar refractivity (Wildman–Crippen MR) is 170 cm³/mol. The van der Waals surface area contributed by atoms with Crippen LogP contribution in [0.15, 0.2) is 40.9 Å². The molecule has 0 aliphatic carbocycles. The van der Waals surface area contributed by atoms with Crippen LogP contribution in [0.25, 0.3) is 11.1 Å². The minimum absolute atomic E-state index is 0.162. The van der Waals surface area contributed by atoms with Crippen molar-refractivity contribution in [3.8, 4) is 16.9 Å². The van der Waals surface area contributed by atoms with Crippen molar-refractivity contribution in [2.24, 2.45) is 11.7 Å². The van der Waals surface area contributed by atoms with E-state index in [1.54, 1.807) is 35.2 Å². The second-order valence-electron chi connectivity index (χ2n) is 11.6. The van der Waals surface area contributed by atoms with Crippen LogP contribution in [-0.2, 0) is 17.8 Å². The lowest BCUT2D eigenvalue weighted by molar-refractivity contribution is -0.121. The van der Waals surface area contributed by atoms with Crippen molar-refractivity contribution in [1.29, 1.82) is 5.41 Å². The number of likely N-dealkylation sites (tertiary alicyclic amines) is 1. The van der Waals surface area contributed by atoms with Crippen molar-refractivity contribution in [2.75, 3.05) is 37.0 Å². The largest absolute Gasteiger partial charge is 0.482 e. The highest BCUT2D eigenvalue weighted by Gasteiger charge is 2.30. The molecule has 43 heavy (non-hydrogen) atoms. The summed E-state index contributed by atoms with van der Waals surface area (Å²) in [7, 11) is 2.10. The van der Waals surface area contributed by atoms with Gasteiger partial charge in [0.15, 0.2) is 6.61 Å². The second kappa shape index (κ2) is 12.8. The highest BCUT2D eigenvalue weighted by molar-refractivity contribution is 9.10. The summed E-state index contributed by atoms with van der Waals surface area (Å²) in [4.78, 5) is 34.6. The topological polar surface area (TPSA) is 125 Å². The Hall–Kier alpha value is -3.83. The van der Waals surface area contributed by atoms with Gasteiger partial charge in [0.1, 0.15) is 17.4 Å². The third-order valence-electron chi connectivity index (χ3n) is 7.88. The molecule has 0 spiro atoms. The summed E-state index contributed by atoms with van der Waals surface area (Å²) in [6.07, 6.45) is 3.60. The zero-order valence-corrected chi connectivity index (χ0v) is 26.1. The van der Waals surface area contributed by atoms with Crippen LogP contribution in [0.2, 0.25) is 0 Å². The van der Waals surface area contributed by atoms with E-state index in [1.165, 1.54) is 12.3 Å². The van der Waals surface area contributed by atoms with E-state index in [9.17, 15) is 14.0 Å². The highest BCUT2D eigenvalue weighted by Crippen LogP contribution is 2.41. The predicted octanol–water partition coefficient (Wildman–Crippen LogP) is 5.38. The van der Waals surface area contributed by atoms with Gasteiger partial charge in [-0.3, -0.25) is 9.59 Å². The van der Waals surface area contributed by atoms with Gasteiger partial charge < -0.3 is 31.0 Å². The van der Waals surface area contributed by atoms with Gasteiger partial charge in [0.05, 0.1) is 28.0 Å². The van der Waals surface area contributed by atoms with Gasteiger partial charge in [-0.05, 0) is 96.6 Å². The van der Waals surface area contributed by atoms with Gasteiger partial charge in [0, 0.05) is 23.4 Å². The summed E-state index contributed by atoms with van der Waals surface area (Å²) in [6, 6.07) is 10.2. The Balaban J connectivity index is 1.60. The van der Waals surface area contributed by atoms with Crippen LogP contribution in [0, 0.1) is 17.1 Å². The number of rotatable bonds is 9. The van der Waals surface area contributed by atoms with Crippen molar-refractivity contribution in [2.45, 2.75) is 45.7 Å². The van der Waals surface area contributed by atoms with E-state index in [4.69, 9.17) is 20.9 Å². The summed E-state index contributed by atoms with van der Waals surface area (Å²) >= 11 is 3.17. The number of hydrogen-bond acceptors (Lipinski definition) is 7. The van der Waals surface area contributed by atoms with Crippen molar-refractivity contribution >= 4 is 45.5 Å². The lowest BCUT2D eigenvalue weighted by Gasteiger charge is -2.31. The molecule has 226 valence electrons. The quantitative estimate of drug-likeness (QED) is 0.267. The number of nitrogens with one attached hydrogen (secondary N) is 2. The number of nitrogens with two attached hydrogens (primary N) is 1. The third-order valence-corrected chi connectivity index (χ3v) is 8.52. The molecule has 0 unspecified atom stereocenters.